The molecule has 8 nitrogen and oxygen atoms in total. The lowest BCUT2D eigenvalue weighted by atomic mass is 10.1. The number of carbonyl (C=O) groups excluding carboxylic acids is 1. The third-order valence-corrected chi connectivity index (χ3v) is 6.50. The zero-order chi connectivity index (χ0) is 27.9. The Kier molecular flexibility index (Phi) is 9.36. The monoisotopic (exact) mass is 570 g/mol. The minimum atomic E-state index is -4.65. The standard InChI is InChI=1S/C25H22ClF3N2O6S/c1-16-3-8-20(9-4-16)38(33,34)31-23(32)10-6-17-5-7-19(36-12-11-35-2)14-22(17)37-24-21(26)13-18(15-30-24)25(27,28)29/h3-10,13-15H,11-12H2,1-2H3,(H,31,32). The second-order valence-electron chi connectivity index (χ2n) is 7.77. The van der Waals surface area contributed by atoms with Crippen LogP contribution in [0.15, 0.2) is 65.7 Å². The lowest BCUT2D eigenvalue weighted by Gasteiger charge is -2.13. The van der Waals surface area contributed by atoms with Crippen molar-refractivity contribution in [2.75, 3.05) is 20.3 Å². The maximum Gasteiger partial charge on any atom is 0.417 e. The summed E-state index contributed by atoms with van der Waals surface area (Å²) in [4.78, 5) is 15.9. The van der Waals surface area contributed by atoms with Crippen molar-refractivity contribution in [2.45, 2.75) is 18.0 Å². The normalized spacial score (nSPS) is 11.9. The second-order valence-corrected chi connectivity index (χ2v) is 9.86. The van der Waals surface area contributed by atoms with Gasteiger partial charge in [0.05, 0.1) is 17.1 Å². The summed E-state index contributed by atoms with van der Waals surface area (Å²) in [5, 5.41) is -0.401. The molecule has 0 saturated heterocycles. The van der Waals surface area contributed by atoms with Crippen molar-refractivity contribution in [3.8, 4) is 17.4 Å². The summed E-state index contributed by atoms with van der Waals surface area (Å²) in [5.41, 5.74) is 0.0443. The molecule has 3 aromatic rings. The third kappa shape index (κ3) is 7.94. The van der Waals surface area contributed by atoms with E-state index in [0.29, 0.717) is 24.6 Å². The Bertz CT molecular complexity index is 1430. The van der Waals surface area contributed by atoms with Crippen LogP contribution in [0.1, 0.15) is 16.7 Å². The van der Waals surface area contributed by atoms with Crippen molar-refractivity contribution in [1.82, 2.24) is 9.71 Å². The zero-order valence-corrected chi connectivity index (χ0v) is 21.7. The molecule has 3 rings (SSSR count). The summed E-state index contributed by atoms with van der Waals surface area (Å²) in [5.74, 6) is -0.916. The number of alkyl halides is 3. The molecule has 2 aromatic carbocycles. The number of hydrogen-bond acceptors (Lipinski definition) is 7. The number of nitrogens with one attached hydrogen (secondary N) is 1. The van der Waals surface area contributed by atoms with Gasteiger partial charge in [-0.05, 0) is 43.3 Å². The van der Waals surface area contributed by atoms with Crippen LogP contribution in [0.2, 0.25) is 5.02 Å². The Balaban J connectivity index is 1.86. The van der Waals surface area contributed by atoms with E-state index in [0.717, 1.165) is 11.6 Å². The molecule has 0 bridgehead atoms. The first-order valence-corrected chi connectivity index (χ1v) is 12.7. The number of benzene rings is 2. The fourth-order valence-corrected chi connectivity index (χ4v) is 4.09. The molecule has 0 spiro atoms. The first-order valence-electron chi connectivity index (χ1n) is 10.9. The number of sulfonamides is 1. The predicted molar refractivity (Wildman–Crippen MR) is 134 cm³/mol. The van der Waals surface area contributed by atoms with Gasteiger partial charge in [-0.3, -0.25) is 4.79 Å². The van der Waals surface area contributed by atoms with Gasteiger partial charge in [0, 0.05) is 31.0 Å². The number of aromatic nitrogens is 1. The number of hydrogen-bond donors (Lipinski definition) is 1. The molecule has 0 aliphatic carbocycles. The summed E-state index contributed by atoms with van der Waals surface area (Å²) in [6, 6.07) is 11.0. The minimum absolute atomic E-state index is 0.0273. The Morgan fingerprint density at radius 2 is 1.82 bits per heavy atom. The number of carbonyl (C=O) groups is 1. The van der Waals surface area contributed by atoms with Gasteiger partial charge in [0.1, 0.15) is 23.1 Å². The first-order chi connectivity index (χ1) is 17.9. The number of nitrogens with zero attached hydrogens (tertiary/aromatic N) is 1. The number of pyridine rings is 1. The van der Waals surface area contributed by atoms with Crippen LogP contribution in [0.3, 0.4) is 0 Å². The molecule has 1 aromatic heterocycles. The maximum absolute atomic E-state index is 13.0. The van der Waals surface area contributed by atoms with E-state index in [1.54, 1.807) is 25.1 Å². The molecular weight excluding hydrogens is 549 g/mol. The molecule has 0 fully saturated rings. The molecule has 0 saturated carbocycles. The van der Waals surface area contributed by atoms with E-state index in [-0.39, 0.29) is 28.7 Å². The van der Waals surface area contributed by atoms with E-state index in [2.05, 4.69) is 4.98 Å². The second kappa shape index (κ2) is 12.3. The van der Waals surface area contributed by atoms with Crippen LogP contribution in [-0.4, -0.2) is 39.6 Å². The molecule has 13 heteroatoms. The van der Waals surface area contributed by atoms with Gasteiger partial charge in [-0.25, -0.2) is 18.1 Å². The largest absolute Gasteiger partial charge is 0.491 e. The van der Waals surface area contributed by atoms with Crippen LogP contribution in [0.5, 0.6) is 17.4 Å². The molecule has 0 unspecified atom stereocenters. The molecule has 202 valence electrons. The zero-order valence-electron chi connectivity index (χ0n) is 20.1. The topological polar surface area (TPSA) is 104 Å². The minimum Gasteiger partial charge on any atom is -0.491 e. The first kappa shape index (κ1) is 29.0. The predicted octanol–water partition coefficient (Wildman–Crippen LogP) is 5.40. The lowest BCUT2D eigenvalue weighted by Crippen LogP contribution is -2.28. The molecule has 0 radical (unpaired) electrons. The Morgan fingerprint density at radius 1 is 1.11 bits per heavy atom. The molecule has 1 N–H and O–H groups in total. The van der Waals surface area contributed by atoms with Gasteiger partial charge < -0.3 is 14.2 Å². The van der Waals surface area contributed by atoms with Crippen molar-refractivity contribution in [1.29, 1.82) is 0 Å². The summed E-state index contributed by atoms with van der Waals surface area (Å²) >= 11 is 5.96. The number of rotatable bonds is 10. The highest BCUT2D eigenvalue weighted by molar-refractivity contribution is 7.90. The van der Waals surface area contributed by atoms with Crippen LogP contribution >= 0.6 is 11.6 Å². The van der Waals surface area contributed by atoms with Crippen molar-refractivity contribution in [3.63, 3.8) is 0 Å². The van der Waals surface area contributed by atoms with Crippen LogP contribution in [0.25, 0.3) is 6.08 Å². The molecule has 0 atom stereocenters. The summed E-state index contributed by atoms with van der Waals surface area (Å²) in [6.07, 6.45) is -1.86. The van der Waals surface area contributed by atoms with Gasteiger partial charge in [0.2, 0.25) is 5.88 Å². The fourth-order valence-electron chi connectivity index (χ4n) is 2.94. The highest BCUT2D eigenvalue weighted by atomic mass is 35.5. The van der Waals surface area contributed by atoms with E-state index >= 15 is 0 Å². The average molecular weight is 571 g/mol. The summed E-state index contributed by atoms with van der Waals surface area (Å²) in [7, 11) is -2.62. The Hall–Kier alpha value is -3.61. The quantitative estimate of drug-likeness (QED) is 0.257. The highest BCUT2D eigenvalue weighted by Crippen LogP contribution is 2.36. The van der Waals surface area contributed by atoms with E-state index in [4.69, 9.17) is 25.8 Å². The lowest BCUT2D eigenvalue weighted by molar-refractivity contribution is -0.137. The third-order valence-electron chi connectivity index (χ3n) is 4.86. The number of halogens is 4. The van der Waals surface area contributed by atoms with Crippen LogP contribution < -0.4 is 14.2 Å². The molecule has 0 aliphatic heterocycles. The van der Waals surface area contributed by atoms with Gasteiger partial charge in [0.15, 0.2) is 0 Å². The average Bonchev–Trinajstić information content (AvgIpc) is 2.84. The van der Waals surface area contributed by atoms with E-state index < -0.39 is 32.7 Å². The van der Waals surface area contributed by atoms with Crippen molar-refractivity contribution >= 4 is 33.6 Å². The van der Waals surface area contributed by atoms with Gasteiger partial charge in [0.25, 0.3) is 15.9 Å². The highest BCUT2D eigenvalue weighted by Gasteiger charge is 2.32. The number of amides is 1. The van der Waals surface area contributed by atoms with Gasteiger partial charge in [-0.1, -0.05) is 29.3 Å². The SMILES string of the molecule is COCCOc1ccc(C=CC(=O)NS(=O)(=O)c2ccc(C)cc2)c(Oc2ncc(C(F)(F)F)cc2Cl)c1. The van der Waals surface area contributed by atoms with Crippen molar-refractivity contribution in [2.24, 2.45) is 0 Å². The fraction of sp³-hybridized carbons (Fsp3) is 0.200. The molecule has 1 amide bonds. The van der Waals surface area contributed by atoms with Crippen LogP contribution in [-0.2, 0) is 25.7 Å². The number of ether oxygens (including phenoxy) is 3. The van der Waals surface area contributed by atoms with E-state index in [9.17, 15) is 26.4 Å². The maximum atomic E-state index is 13.0. The van der Waals surface area contributed by atoms with Crippen LogP contribution in [0.4, 0.5) is 13.2 Å². The Labute approximate surface area is 222 Å². The van der Waals surface area contributed by atoms with Crippen LogP contribution in [0, 0.1) is 6.92 Å². The molecule has 1 heterocycles. The van der Waals surface area contributed by atoms with Crippen molar-refractivity contribution < 1.29 is 40.6 Å². The molecular formula is C25H22ClF3N2O6S. The number of aryl methyl sites for hydroxylation is 1. The smallest absolute Gasteiger partial charge is 0.417 e. The summed E-state index contributed by atoms with van der Waals surface area (Å²) in [6.45, 7) is 2.28. The summed E-state index contributed by atoms with van der Waals surface area (Å²) < 4.78 is 81.8. The molecule has 0 aliphatic rings. The van der Waals surface area contributed by atoms with Gasteiger partial charge >= 0.3 is 6.18 Å². The van der Waals surface area contributed by atoms with Gasteiger partial charge in [-0.15, -0.1) is 0 Å². The van der Waals surface area contributed by atoms with E-state index in [1.807, 2.05) is 4.72 Å². The Morgan fingerprint density at radius 3 is 2.45 bits per heavy atom. The molecule has 38 heavy (non-hydrogen) atoms. The number of methoxy groups -OCH3 is 1. The van der Waals surface area contributed by atoms with Crippen molar-refractivity contribution in [3.05, 3.63) is 82.5 Å². The van der Waals surface area contributed by atoms with Gasteiger partial charge in [-0.2, -0.15) is 13.2 Å². The van der Waals surface area contributed by atoms with E-state index in [1.165, 1.54) is 37.5 Å².